The van der Waals surface area contributed by atoms with Crippen LogP contribution in [0.15, 0.2) is 22.8 Å². The molecule has 0 radical (unpaired) electrons. The highest BCUT2D eigenvalue weighted by atomic mass is 16.3. The van der Waals surface area contributed by atoms with E-state index in [2.05, 4.69) is 0 Å². The molecule has 2 N–H and O–H groups in total. The molecule has 2 rings (SSSR count). The fourth-order valence-corrected chi connectivity index (χ4v) is 2.18. The van der Waals surface area contributed by atoms with Gasteiger partial charge in [0.2, 0.25) is 0 Å². The topological polar surface area (TPSA) is 59.5 Å². The van der Waals surface area contributed by atoms with Crippen LogP contribution in [0.2, 0.25) is 0 Å². The zero-order valence-electron chi connectivity index (χ0n) is 9.56. The van der Waals surface area contributed by atoms with E-state index in [9.17, 15) is 4.79 Å². The van der Waals surface area contributed by atoms with Crippen molar-refractivity contribution in [3.05, 3.63) is 24.2 Å². The van der Waals surface area contributed by atoms with Gasteiger partial charge in [-0.2, -0.15) is 0 Å². The Morgan fingerprint density at radius 2 is 2.25 bits per heavy atom. The molecule has 1 fully saturated rings. The van der Waals surface area contributed by atoms with Gasteiger partial charge in [0.25, 0.3) is 5.91 Å². The van der Waals surface area contributed by atoms with Crippen LogP contribution in [0, 0.1) is 5.92 Å². The molecule has 0 aromatic carbocycles. The largest absolute Gasteiger partial charge is 0.459 e. The van der Waals surface area contributed by atoms with Crippen LogP contribution in [0.3, 0.4) is 0 Å². The minimum Gasteiger partial charge on any atom is -0.459 e. The summed E-state index contributed by atoms with van der Waals surface area (Å²) < 4.78 is 5.11. The van der Waals surface area contributed by atoms with Crippen molar-refractivity contribution >= 4 is 5.91 Å². The van der Waals surface area contributed by atoms with Crippen LogP contribution in [-0.2, 0) is 0 Å². The number of hydrogen-bond acceptors (Lipinski definition) is 3. The number of hydrogen-bond donors (Lipinski definition) is 1. The van der Waals surface area contributed by atoms with Crippen LogP contribution < -0.4 is 5.73 Å². The lowest BCUT2D eigenvalue weighted by Crippen LogP contribution is -2.42. The third-order valence-corrected chi connectivity index (χ3v) is 3.30. The van der Waals surface area contributed by atoms with Crippen LogP contribution in [0.4, 0.5) is 0 Å². The summed E-state index contributed by atoms with van der Waals surface area (Å²) in [5.41, 5.74) is 5.86. The van der Waals surface area contributed by atoms with Crippen molar-refractivity contribution in [1.29, 1.82) is 0 Å². The second-order valence-corrected chi connectivity index (χ2v) is 4.47. The van der Waals surface area contributed by atoms with Crippen molar-refractivity contribution in [3.63, 3.8) is 0 Å². The Morgan fingerprint density at radius 3 is 2.75 bits per heavy atom. The molecule has 1 unspecified atom stereocenters. The quantitative estimate of drug-likeness (QED) is 0.824. The van der Waals surface area contributed by atoms with Gasteiger partial charge in [0.05, 0.1) is 6.26 Å². The van der Waals surface area contributed by atoms with Gasteiger partial charge in [-0.15, -0.1) is 0 Å². The average Bonchev–Trinajstić information content (AvgIpc) is 2.81. The molecule has 0 bridgehead atoms. The second-order valence-electron chi connectivity index (χ2n) is 4.47. The number of likely N-dealkylation sites (tertiary alicyclic amines) is 1. The monoisotopic (exact) mass is 222 g/mol. The molecule has 2 heterocycles. The van der Waals surface area contributed by atoms with Gasteiger partial charge in [-0.1, -0.05) is 0 Å². The first-order valence-electron chi connectivity index (χ1n) is 5.77. The lowest BCUT2D eigenvalue weighted by atomic mass is 9.91. The summed E-state index contributed by atoms with van der Waals surface area (Å²) in [5, 5.41) is 0. The molecule has 1 atom stereocenters. The van der Waals surface area contributed by atoms with Crippen LogP contribution in [-0.4, -0.2) is 29.9 Å². The van der Waals surface area contributed by atoms with Crippen molar-refractivity contribution in [3.8, 4) is 0 Å². The third-order valence-electron chi connectivity index (χ3n) is 3.30. The van der Waals surface area contributed by atoms with Gasteiger partial charge in [0.15, 0.2) is 5.76 Å². The maximum atomic E-state index is 11.9. The molecule has 0 aliphatic carbocycles. The lowest BCUT2D eigenvalue weighted by Gasteiger charge is -2.33. The van der Waals surface area contributed by atoms with Crippen LogP contribution in [0.5, 0.6) is 0 Å². The standard InChI is InChI=1S/C12H18N2O2/c1-9(13)10-4-6-14(7-5-10)12(15)11-3-2-8-16-11/h2-3,8-10H,4-7,13H2,1H3. The predicted octanol–water partition coefficient (Wildman–Crippen LogP) is 1.48. The first-order valence-corrected chi connectivity index (χ1v) is 5.77. The van der Waals surface area contributed by atoms with Crippen LogP contribution in [0.25, 0.3) is 0 Å². The molecule has 1 amide bonds. The Morgan fingerprint density at radius 1 is 1.56 bits per heavy atom. The van der Waals surface area contributed by atoms with E-state index in [1.54, 1.807) is 12.1 Å². The molecule has 88 valence electrons. The average molecular weight is 222 g/mol. The van der Waals surface area contributed by atoms with Crippen molar-refractivity contribution in [1.82, 2.24) is 4.90 Å². The van der Waals surface area contributed by atoms with E-state index in [1.165, 1.54) is 6.26 Å². The molecule has 1 aromatic rings. The molecule has 16 heavy (non-hydrogen) atoms. The zero-order valence-corrected chi connectivity index (χ0v) is 9.56. The molecule has 4 heteroatoms. The molecule has 1 saturated heterocycles. The second kappa shape index (κ2) is 4.70. The van der Waals surface area contributed by atoms with E-state index >= 15 is 0 Å². The molecule has 4 nitrogen and oxygen atoms in total. The fraction of sp³-hybridized carbons (Fsp3) is 0.583. The number of rotatable bonds is 2. The molecule has 0 spiro atoms. The Bertz CT molecular complexity index is 338. The van der Waals surface area contributed by atoms with Crippen molar-refractivity contribution in [2.75, 3.05) is 13.1 Å². The number of nitrogens with two attached hydrogens (primary N) is 1. The summed E-state index contributed by atoms with van der Waals surface area (Å²) >= 11 is 0. The number of nitrogens with zero attached hydrogens (tertiary/aromatic N) is 1. The minimum absolute atomic E-state index is 0.00637. The van der Waals surface area contributed by atoms with E-state index in [1.807, 2.05) is 11.8 Å². The van der Waals surface area contributed by atoms with Crippen molar-refractivity contribution < 1.29 is 9.21 Å². The summed E-state index contributed by atoms with van der Waals surface area (Å²) in [6, 6.07) is 3.67. The minimum atomic E-state index is -0.00637. The Hall–Kier alpha value is -1.29. The number of amides is 1. The first kappa shape index (κ1) is 11.2. The van der Waals surface area contributed by atoms with Crippen molar-refractivity contribution in [2.24, 2.45) is 11.7 Å². The van der Waals surface area contributed by atoms with E-state index in [0.717, 1.165) is 25.9 Å². The zero-order chi connectivity index (χ0) is 11.5. The normalized spacial score (nSPS) is 19.8. The number of carbonyl (C=O) groups excluding carboxylic acids is 1. The van der Waals surface area contributed by atoms with Gasteiger partial charge < -0.3 is 15.1 Å². The van der Waals surface area contributed by atoms with Gasteiger partial charge >= 0.3 is 0 Å². The molecule has 1 aliphatic rings. The summed E-state index contributed by atoms with van der Waals surface area (Å²) in [6.07, 6.45) is 3.51. The number of furan rings is 1. The molecular formula is C12H18N2O2. The summed E-state index contributed by atoms with van der Waals surface area (Å²) in [7, 11) is 0. The van der Waals surface area contributed by atoms with Crippen LogP contribution in [0.1, 0.15) is 30.3 Å². The fourth-order valence-electron chi connectivity index (χ4n) is 2.18. The first-order chi connectivity index (χ1) is 7.68. The lowest BCUT2D eigenvalue weighted by molar-refractivity contribution is 0.0649. The Labute approximate surface area is 95.4 Å². The van der Waals surface area contributed by atoms with Crippen LogP contribution >= 0.6 is 0 Å². The molecule has 1 aliphatic heterocycles. The van der Waals surface area contributed by atoms with E-state index < -0.39 is 0 Å². The van der Waals surface area contributed by atoms with E-state index in [-0.39, 0.29) is 11.9 Å². The molecule has 0 saturated carbocycles. The predicted molar refractivity (Wildman–Crippen MR) is 61.0 cm³/mol. The SMILES string of the molecule is CC(N)C1CCN(C(=O)c2ccco2)CC1. The molecular weight excluding hydrogens is 204 g/mol. The maximum absolute atomic E-state index is 11.9. The summed E-state index contributed by atoms with van der Waals surface area (Å²) in [6.45, 7) is 3.60. The smallest absolute Gasteiger partial charge is 0.289 e. The molecule has 1 aromatic heterocycles. The summed E-state index contributed by atoms with van der Waals surface area (Å²) in [4.78, 5) is 13.8. The highest BCUT2D eigenvalue weighted by Crippen LogP contribution is 2.21. The van der Waals surface area contributed by atoms with Gasteiger partial charge in [-0.3, -0.25) is 4.79 Å². The number of carbonyl (C=O) groups is 1. The third kappa shape index (κ3) is 2.27. The highest BCUT2D eigenvalue weighted by Gasteiger charge is 2.26. The van der Waals surface area contributed by atoms with Gasteiger partial charge in [-0.25, -0.2) is 0 Å². The Balaban J connectivity index is 1.92. The van der Waals surface area contributed by atoms with Gasteiger partial charge in [-0.05, 0) is 37.8 Å². The summed E-state index contributed by atoms with van der Waals surface area (Å²) in [5.74, 6) is 0.966. The Kier molecular flexibility index (Phi) is 3.29. The van der Waals surface area contributed by atoms with Crippen molar-refractivity contribution in [2.45, 2.75) is 25.8 Å². The van der Waals surface area contributed by atoms with Gasteiger partial charge in [0.1, 0.15) is 0 Å². The van der Waals surface area contributed by atoms with Gasteiger partial charge in [0, 0.05) is 19.1 Å². The van der Waals surface area contributed by atoms with E-state index in [0.29, 0.717) is 11.7 Å². The maximum Gasteiger partial charge on any atom is 0.289 e. The number of piperidine rings is 1. The highest BCUT2D eigenvalue weighted by molar-refractivity contribution is 5.91. The van der Waals surface area contributed by atoms with E-state index in [4.69, 9.17) is 10.2 Å².